The largest absolute Gasteiger partial charge is 0.353 e. The van der Waals surface area contributed by atoms with Crippen LogP contribution < -0.4 is 10.5 Å². The number of pyridine rings is 1. The second-order valence-corrected chi connectivity index (χ2v) is 8.47. The Morgan fingerprint density at radius 1 is 1.09 bits per heavy atom. The van der Waals surface area contributed by atoms with Crippen molar-refractivity contribution in [3.05, 3.63) is 92.6 Å². The standard InChI is InChI=1S/C24H23ClN6O2/c1-16-18(14-17-6-2-3-7-20(17)25)24(33)31-22(28-16)19(15-27-31)23(32)30-12-10-29(11-13-30)21-8-4-5-9-26-21/h2-9,15,27H,10-14H2,1H3. The van der Waals surface area contributed by atoms with Crippen LogP contribution in [0.15, 0.2) is 59.7 Å². The number of H-pyrrole nitrogens is 1. The van der Waals surface area contributed by atoms with Gasteiger partial charge in [-0.25, -0.2) is 14.5 Å². The Bertz CT molecular complexity index is 1370. The average Bonchev–Trinajstić information content (AvgIpc) is 3.27. The minimum absolute atomic E-state index is 0.139. The lowest BCUT2D eigenvalue weighted by molar-refractivity contribution is 0.0748. The number of nitrogens with zero attached hydrogens (tertiary/aromatic N) is 5. The minimum Gasteiger partial charge on any atom is -0.353 e. The lowest BCUT2D eigenvalue weighted by Crippen LogP contribution is -2.49. The second-order valence-electron chi connectivity index (χ2n) is 8.06. The fourth-order valence-corrected chi connectivity index (χ4v) is 4.40. The van der Waals surface area contributed by atoms with Gasteiger partial charge in [0.15, 0.2) is 5.65 Å². The summed E-state index contributed by atoms with van der Waals surface area (Å²) in [7, 11) is 0. The molecule has 8 nitrogen and oxygen atoms in total. The Morgan fingerprint density at radius 3 is 2.58 bits per heavy atom. The van der Waals surface area contributed by atoms with Gasteiger partial charge in [0, 0.05) is 61.3 Å². The molecule has 0 unspecified atom stereocenters. The molecule has 0 aliphatic carbocycles. The normalized spacial score (nSPS) is 14.1. The molecular weight excluding hydrogens is 440 g/mol. The summed E-state index contributed by atoms with van der Waals surface area (Å²) in [6.07, 6.45) is 3.71. The summed E-state index contributed by atoms with van der Waals surface area (Å²) in [5.74, 6) is 0.770. The van der Waals surface area contributed by atoms with Crippen molar-refractivity contribution in [3.8, 4) is 0 Å². The first-order valence-corrected chi connectivity index (χ1v) is 11.2. The zero-order valence-electron chi connectivity index (χ0n) is 18.2. The third-order valence-corrected chi connectivity index (χ3v) is 6.43. The number of benzene rings is 1. The summed E-state index contributed by atoms with van der Waals surface area (Å²) in [5.41, 5.74) is 2.51. The summed E-state index contributed by atoms with van der Waals surface area (Å²) in [5, 5.41) is 3.53. The summed E-state index contributed by atoms with van der Waals surface area (Å²) in [6.45, 7) is 4.32. The van der Waals surface area contributed by atoms with Gasteiger partial charge in [-0.2, -0.15) is 0 Å². The Morgan fingerprint density at radius 2 is 1.85 bits per heavy atom. The fraction of sp³-hybridized carbons (Fsp3) is 0.250. The summed E-state index contributed by atoms with van der Waals surface area (Å²) >= 11 is 6.28. The number of hydrogen-bond donors (Lipinski definition) is 1. The van der Waals surface area contributed by atoms with E-state index in [2.05, 4.69) is 20.0 Å². The number of piperazine rings is 1. The molecule has 33 heavy (non-hydrogen) atoms. The van der Waals surface area contributed by atoms with Crippen LogP contribution in [0.3, 0.4) is 0 Å². The maximum absolute atomic E-state index is 13.3. The van der Waals surface area contributed by atoms with Crippen LogP contribution in [-0.4, -0.2) is 56.6 Å². The minimum atomic E-state index is -0.226. The number of fused-ring (bicyclic) bond motifs is 1. The third-order valence-electron chi connectivity index (χ3n) is 6.06. The van der Waals surface area contributed by atoms with Crippen LogP contribution in [0.25, 0.3) is 5.65 Å². The number of rotatable bonds is 4. The van der Waals surface area contributed by atoms with Gasteiger partial charge < -0.3 is 9.80 Å². The van der Waals surface area contributed by atoms with Crippen LogP contribution in [0.2, 0.25) is 5.02 Å². The van der Waals surface area contributed by atoms with E-state index < -0.39 is 0 Å². The molecule has 0 radical (unpaired) electrons. The van der Waals surface area contributed by atoms with Crippen molar-refractivity contribution in [2.45, 2.75) is 13.3 Å². The van der Waals surface area contributed by atoms with E-state index in [1.807, 2.05) is 36.4 Å². The first-order valence-electron chi connectivity index (χ1n) is 10.8. The Kier molecular flexibility index (Phi) is 5.60. The predicted octanol–water partition coefficient (Wildman–Crippen LogP) is 2.93. The average molecular weight is 463 g/mol. The number of halogens is 1. The molecule has 5 rings (SSSR count). The van der Waals surface area contributed by atoms with E-state index in [9.17, 15) is 9.59 Å². The number of aromatic amines is 1. The molecule has 1 aromatic carbocycles. The molecule has 4 aromatic rings. The van der Waals surface area contributed by atoms with E-state index in [1.54, 1.807) is 30.3 Å². The van der Waals surface area contributed by atoms with E-state index in [0.717, 1.165) is 11.4 Å². The van der Waals surface area contributed by atoms with E-state index in [-0.39, 0.29) is 11.5 Å². The van der Waals surface area contributed by atoms with Crippen molar-refractivity contribution in [2.75, 3.05) is 31.1 Å². The van der Waals surface area contributed by atoms with E-state index in [1.165, 1.54) is 4.52 Å². The van der Waals surface area contributed by atoms with Gasteiger partial charge in [-0.15, -0.1) is 0 Å². The number of amides is 1. The van der Waals surface area contributed by atoms with Gasteiger partial charge in [-0.3, -0.25) is 14.7 Å². The van der Waals surface area contributed by atoms with Crippen molar-refractivity contribution in [3.63, 3.8) is 0 Å². The van der Waals surface area contributed by atoms with Gasteiger partial charge >= 0.3 is 0 Å². The molecule has 9 heteroatoms. The monoisotopic (exact) mass is 462 g/mol. The molecule has 4 heterocycles. The number of carbonyl (C=O) groups is 1. The quantitative estimate of drug-likeness (QED) is 0.504. The molecule has 1 amide bonds. The molecule has 1 aliphatic rings. The van der Waals surface area contributed by atoms with Crippen LogP contribution in [-0.2, 0) is 6.42 Å². The zero-order chi connectivity index (χ0) is 22.9. The van der Waals surface area contributed by atoms with Crippen LogP contribution in [0, 0.1) is 6.92 Å². The maximum Gasteiger partial charge on any atom is 0.276 e. The second kappa shape index (κ2) is 8.71. The van der Waals surface area contributed by atoms with Crippen LogP contribution in [0.1, 0.15) is 27.2 Å². The summed E-state index contributed by atoms with van der Waals surface area (Å²) in [6, 6.07) is 13.2. The molecule has 1 saturated heterocycles. The molecule has 1 aliphatic heterocycles. The Hall–Kier alpha value is -3.65. The van der Waals surface area contributed by atoms with E-state index >= 15 is 0 Å². The predicted molar refractivity (Wildman–Crippen MR) is 127 cm³/mol. The van der Waals surface area contributed by atoms with Crippen molar-refractivity contribution >= 4 is 29.0 Å². The van der Waals surface area contributed by atoms with Gasteiger partial charge in [0.1, 0.15) is 11.4 Å². The lowest BCUT2D eigenvalue weighted by atomic mass is 10.0. The molecule has 0 saturated carbocycles. The SMILES string of the molecule is Cc1nc2c(C(=O)N3CCN(c4ccccn4)CC3)c[nH]n2c(=O)c1Cc1ccccc1Cl. The number of nitrogens with one attached hydrogen (secondary N) is 1. The third kappa shape index (κ3) is 3.98. The highest BCUT2D eigenvalue weighted by molar-refractivity contribution is 6.31. The number of carbonyl (C=O) groups excluding carboxylic acids is 1. The highest BCUT2D eigenvalue weighted by Crippen LogP contribution is 2.20. The Labute approximate surface area is 195 Å². The number of hydrogen-bond acceptors (Lipinski definition) is 5. The molecular formula is C24H23ClN6O2. The molecule has 168 valence electrons. The summed E-state index contributed by atoms with van der Waals surface area (Å²) < 4.78 is 1.34. The molecule has 0 atom stereocenters. The van der Waals surface area contributed by atoms with Gasteiger partial charge in [0.25, 0.3) is 11.5 Å². The molecule has 0 bridgehead atoms. The van der Waals surface area contributed by atoms with Crippen molar-refractivity contribution in [1.29, 1.82) is 0 Å². The zero-order valence-corrected chi connectivity index (χ0v) is 18.9. The molecule has 0 spiro atoms. The van der Waals surface area contributed by atoms with Gasteiger partial charge in [-0.1, -0.05) is 35.9 Å². The fourth-order valence-electron chi connectivity index (χ4n) is 4.20. The first kappa shape index (κ1) is 21.2. The number of anilines is 1. The topological polar surface area (TPSA) is 86.6 Å². The van der Waals surface area contributed by atoms with Crippen LogP contribution in [0.4, 0.5) is 5.82 Å². The van der Waals surface area contributed by atoms with Crippen LogP contribution >= 0.6 is 11.6 Å². The molecule has 1 N–H and O–H groups in total. The molecule has 3 aromatic heterocycles. The highest BCUT2D eigenvalue weighted by atomic mass is 35.5. The molecule has 1 fully saturated rings. The van der Waals surface area contributed by atoms with E-state index in [4.69, 9.17) is 11.6 Å². The number of aromatic nitrogens is 4. The van der Waals surface area contributed by atoms with Gasteiger partial charge in [0.2, 0.25) is 0 Å². The van der Waals surface area contributed by atoms with Crippen molar-refractivity contribution in [2.24, 2.45) is 0 Å². The van der Waals surface area contributed by atoms with Crippen LogP contribution in [0.5, 0.6) is 0 Å². The van der Waals surface area contributed by atoms with Crippen molar-refractivity contribution < 1.29 is 4.79 Å². The Balaban J connectivity index is 1.39. The van der Waals surface area contributed by atoms with E-state index in [0.29, 0.717) is 60.1 Å². The number of aryl methyl sites for hydroxylation is 1. The first-order chi connectivity index (χ1) is 16.0. The van der Waals surface area contributed by atoms with Gasteiger partial charge in [-0.05, 0) is 30.7 Å². The summed E-state index contributed by atoms with van der Waals surface area (Å²) in [4.78, 5) is 39.4. The van der Waals surface area contributed by atoms with Gasteiger partial charge in [0.05, 0.1) is 0 Å². The smallest absolute Gasteiger partial charge is 0.276 e. The lowest BCUT2D eigenvalue weighted by Gasteiger charge is -2.35. The van der Waals surface area contributed by atoms with Crippen molar-refractivity contribution in [1.82, 2.24) is 24.5 Å². The maximum atomic E-state index is 13.3. The highest BCUT2D eigenvalue weighted by Gasteiger charge is 2.26.